The number of nitrogens with one attached hydrogen (secondary N) is 1. The van der Waals surface area contributed by atoms with E-state index in [-0.39, 0.29) is 11.6 Å². The zero-order chi connectivity index (χ0) is 14.7. The highest BCUT2D eigenvalue weighted by molar-refractivity contribution is 9.10. The summed E-state index contributed by atoms with van der Waals surface area (Å²) in [6.07, 6.45) is 0. The van der Waals surface area contributed by atoms with Crippen LogP contribution in [0.1, 0.15) is 15.9 Å². The molecule has 0 bridgehead atoms. The van der Waals surface area contributed by atoms with Crippen molar-refractivity contribution in [2.45, 2.75) is 6.92 Å². The highest BCUT2D eigenvalue weighted by atomic mass is 79.9. The standard InChI is InChI=1S/C15H13BrFNO2/c1-9-3-5-12(17)13(7-9)18-15(19)10-4-6-14(20-2)11(16)8-10/h3-8H,1-2H3,(H,18,19). The number of ether oxygens (including phenoxy) is 1. The van der Waals surface area contributed by atoms with E-state index < -0.39 is 5.82 Å². The molecule has 0 unspecified atom stereocenters. The van der Waals surface area contributed by atoms with E-state index in [1.165, 1.54) is 6.07 Å². The van der Waals surface area contributed by atoms with E-state index in [2.05, 4.69) is 21.2 Å². The zero-order valence-electron chi connectivity index (χ0n) is 11.0. The number of rotatable bonds is 3. The van der Waals surface area contributed by atoms with E-state index in [1.54, 1.807) is 37.4 Å². The highest BCUT2D eigenvalue weighted by Gasteiger charge is 2.11. The van der Waals surface area contributed by atoms with E-state index in [9.17, 15) is 9.18 Å². The number of carbonyl (C=O) groups excluding carboxylic acids is 1. The molecular formula is C15H13BrFNO2. The summed E-state index contributed by atoms with van der Waals surface area (Å²) in [6.45, 7) is 1.83. The zero-order valence-corrected chi connectivity index (χ0v) is 12.6. The number of carbonyl (C=O) groups is 1. The van der Waals surface area contributed by atoms with E-state index in [4.69, 9.17) is 4.74 Å². The Balaban J connectivity index is 2.24. The van der Waals surface area contributed by atoms with Crippen LogP contribution in [-0.4, -0.2) is 13.0 Å². The molecule has 3 nitrogen and oxygen atoms in total. The maximum absolute atomic E-state index is 13.6. The van der Waals surface area contributed by atoms with Gasteiger partial charge in [0.15, 0.2) is 0 Å². The predicted molar refractivity (Wildman–Crippen MR) is 79.8 cm³/mol. The van der Waals surface area contributed by atoms with Crippen LogP contribution < -0.4 is 10.1 Å². The molecule has 0 aliphatic carbocycles. The van der Waals surface area contributed by atoms with Crippen LogP contribution in [0.2, 0.25) is 0 Å². The molecule has 2 aromatic rings. The number of hydrogen-bond acceptors (Lipinski definition) is 2. The first kappa shape index (κ1) is 14.5. The van der Waals surface area contributed by atoms with Gasteiger partial charge in [-0.15, -0.1) is 0 Å². The van der Waals surface area contributed by atoms with Crippen molar-refractivity contribution in [1.29, 1.82) is 0 Å². The molecule has 20 heavy (non-hydrogen) atoms. The molecule has 0 aliphatic rings. The number of anilines is 1. The molecule has 0 aromatic heterocycles. The van der Waals surface area contributed by atoms with E-state index >= 15 is 0 Å². The van der Waals surface area contributed by atoms with Gasteiger partial charge in [-0.3, -0.25) is 4.79 Å². The van der Waals surface area contributed by atoms with Gasteiger partial charge in [0.1, 0.15) is 11.6 Å². The summed E-state index contributed by atoms with van der Waals surface area (Å²) in [5, 5.41) is 2.56. The summed E-state index contributed by atoms with van der Waals surface area (Å²) < 4.78 is 19.4. The Bertz CT molecular complexity index is 658. The lowest BCUT2D eigenvalue weighted by molar-refractivity contribution is 0.102. The first-order valence-corrected chi connectivity index (χ1v) is 6.71. The normalized spacial score (nSPS) is 10.2. The van der Waals surface area contributed by atoms with Gasteiger partial charge >= 0.3 is 0 Å². The fraction of sp³-hybridized carbons (Fsp3) is 0.133. The van der Waals surface area contributed by atoms with Crippen LogP contribution in [0.4, 0.5) is 10.1 Å². The minimum absolute atomic E-state index is 0.168. The minimum Gasteiger partial charge on any atom is -0.496 e. The summed E-state index contributed by atoms with van der Waals surface area (Å²) in [4.78, 5) is 12.1. The van der Waals surface area contributed by atoms with Gasteiger partial charge in [-0.1, -0.05) is 6.07 Å². The molecule has 1 amide bonds. The largest absolute Gasteiger partial charge is 0.496 e. The lowest BCUT2D eigenvalue weighted by Gasteiger charge is -2.09. The van der Waals surface area contributed by atoms with Crippen LogP contribution in [0, 0.1) is 12.7 Å². The third-order valence-corrected chi connectivity index (χ3v) is 3.40. The second-order valence-corrected chi connectivity index (χ2v) is 5.14. The molecule has 0 fully saturated rings. The summed E-state index contributed by atoms with van der Waals surface area (Å²) in [5.74, 6) is -0.210. The van der Waals surface area contributed by atoms with E-state index in [0.717, 1.165) is 5.56 Å². The molecule has 0 saturated heterocycles. The maximum atomic E-state index is 13.6. The number of halogens is 2. The molecule has 0 radical (unpaired) electrons. The predicted octanol–water partition coefficient (Wildman–Crippen LogP) is 4.16. The second kappa shape index (κ2) is 6.05. The third-order valence-electron chi connectivity index (χ3n) is 2.78. The quantitative estimate of drug-likeness (QED) is 0.913. The molecule has 0 heterocycles. The monoisotopic (exact) mass is 337 g/mol. The van der Waals surface area contributed by atoms with E-state index in [0.29, 0.717) is 15.8 Å². The van der Waals surface area contributed by atoms with Crippen LogP contribution >= 0.6 is 15.9 Å². The van der Waals surface area contributed by atoms with Gasteiger partial charge in [0.2, 0.25) is 0 Å². The van der Waals surface area contributed by atoms with Gasteiger partial charge in [0, 0.05) is 5.56 Å². The lowest BCUT2D eigenvalue weighted by Crippen LogP contribution is -2.13. The molecule has 0 saturated carbocycles. The van der Waals surface area contributed by atoms with Gasteiger partial charge < -0.3 is 10.1 Å². The summed E-state index contributed by atoms with van der Waals surface area (Å²) in [7, 11) is 1.54. The van der Waals surface area contributed by atoms with E-state index in [1.807, 2.05) is 6.92 Å². The second-order valence-electron chi connectivity index (χ2n) is 4.29. The molecule has 5 heteroatoms. The highest BCUT2D eigenvalue weighted by Crippen LogP contribution is 2.26. The number of aryl methyl sites for hydroxylation is 1. The van der Waals surface area contributed by atoms with Crippen LogP contribution in [-0.2, 0) is 0 Å². The van der Waals surface area contributed by atoms with Gasteiger partial charge in [-0.05, 0) is 58.7 Å². The Hall–Kier alpha value is -1.88. The molecule has 2 aromatic carbocycles. The average molecular weight is 338 g/mol. The summed E-state index contributed by atoms with van der Waals surface area (Å²) >= 11 is 3.31. The first-order chi connectivity index (χ1) is 9.51. The number of benzene rings is 2. The van der Waals surface area contributed by atoms with Crippen LogP contribution in [0.15, 0.2) is 40.9 Å². The molecule has 1 N–H and O–H groups in total. The van der Waals surface area contributed by atoms with Crippen molar-refractivity contribution < 1.29 is 13.9 Å². The third kappa shape index (κ3) is 3.17. The Morgan fingerprint density at radius 1 is 1.25 bits per heavy atom. The number of amides is 1. The fourth-order valence-corrected chi connectivity index (χ4v) is 2.28. The van der Waals surface area contributed by atoms with Gasteiger partial charge in [-0.2, -0.15) is 0 Å². The molecule has 0 spiro atoms. The first-order valence-electron chi connectivity index (χ1n) is 5.92. The smallest absolute Gasteiger partial charge is 0.255 e. The topological polar surface area (TPSA) is 38.3 Å². The Kier molecular flexibility index (Phi) is 4.39. The Morgan fingerprint density at radius 2 is 2.00 bits per heavy atom. The molecule has 0 atom stereocenters. The van der Waals surface area contributed by atoms with Crippen molar-refractivity contribution in [1.82, 2.24) is 0 Å². The maximum Gasteiger partial charge on any atom is 0.255 e. The molecular weight excluding hydrogens is 325 g/mol. The number of hydrogen-bond donors (Lipinski definition) is 1. The Morgan fingerprint density at radius 3 is 2.65 bits per heavy atom. The SMILES string of the molecule is COc1ccc(C(=O)Nc2cc(C)ccc2F)cc1Br. The average Bonchev–Trinajstić information content (AvgIpc) is 2.42. The van der Waals surface area contributed by atoms with Crippen molar-refractivity contribution in [3.63, 3.8) is 0 Å². The lowest BCUT2D eigenvalue weighted by atomic mass is 10.1. The minimum atomic E-state index is -0.462. The fourth-order valence-electron chi connectivity index (χ4n) is 1.74. The molecule has 2 rings (SSSR count). The van der Waals surface area contributed by atoms with Gasteiger partial charge in [-0.25, -0.2) is 4.39 Å². The molecule has 0 aliphatic heterocycles. The van der Waals surface area contributed by atoms with Crippen molar-refractivity contribution in [2.75, 3.05) is 12.4 Å². The molecule has 104 valence electrons. The Labute approximate surface area is 124 Å². The van der Waals surface area contributed by atoms with Crippen LogP contribution in [0.25, 0.3) is 0 Å². The van der Waals surface area contributed by atoms with Gasteiger partial charge in [0.25, 0.3) is 5.91 Å². The van der Waals surface area contributed by atoms with Crippen molar-refractivity contribution >= 4 is 27.5 Å². The number of methoxy groups -OCH3 is 1. The van der Waals surface area contributed by atoms with Crippen molar-refractivity contribution in [2.24, 2.45) is 0 Å². The summed E-state index contributed by atoms with van der Waals surface area (Å²) in [5.41, 5.74) is 1.46. The van der Waals surface area contributed by atoms with Gasteiger partial charge in [0.05, 0.1) is 17.3 Å². The van der Waals surface area contributed by atoms with Crippen LogP contribution in [0.5, 0.6) is 5.75 Å². The summed E-state index contributed by atoms with van der Waals surface area (Å²) in [6, 6.07) is 9.48. The van der Waals surface area contributed by atoms with Crippen molar-refractivity contribution in [3.05, 3.63) is 57.8 Å². The van der Waals surface area contributed by atoms with Crippen molar-refractivity contribution in [3.8, 4) is 5.75 Å². The van der Waals surface area contributed by atoms with Crippen LogP contribution in [0.3, 0.4) is 0 Å².